The van der Waals surface area contributed by atoms with Crippen LogP contribution in [0.5, 0.6) is 5.75 Å². The molecular weight excluding hydrogens is 250 g/mol. The van der Waals surface area contributed by atoms with Gasteiger partial charge in [-0.3, -0.25) is 0 Å². The van der Waals surface area contributed by atoms with Crippen molar-refractivity contribution in [3.63, 3.8) is 0 Å². The Balaban J connectivity index is 2.48. The monoisotopic (exact) mass is 265 g/mol. The van der Waals surface area contributed by atoms with Gasteiger partial charge in [0.25, 0.3) is 0 Å². The quantitative estimate of drug-likeness (QED) is 0.852. The van der Waals surface area contributed by atoms with Gasteiger partial charge in [0.2, 0.25) is 0 Å². The molecule has 1 aromatic carbocycles. The normalized spacial score (nSPS) is 10.9. The van der Waals surface area contributed by atoms with Crippen LogP contribution in [0.4, 0.5) is 0 Å². The van der Waals surface area contributed by atoms with Crippen LogP contribution in [0, 0.1) is 5.92 Å². The largest absolute Gasteiger partial charge is 0.496 e. The van der Waals surface area contributed by atoms with Crippen LogP contribution >= 0.6 is 11.6 Å². The maximum atomic E-state index is 6.04. The lowest BCUT2D eigenvalue weighted by molar-refractivity contribution is 0.415. The van der Waals surface area contributed by atoms with E-state index in [4.69, 9.17) is 16.3 Å². The van der Waals surface area contributed by atoms with Crippen molar-refractivity contribution in [3.05, 3.63) is 29.5 Å². The number of benzene rings is 1. The molecule has 0 fully saturated rings. The summed E-state index contributed by atoms with van der Waals surface area (Å²) >= 11 is 6.04. The minimum Gasteiger partial charge on any atom is -0.496 e. The standard InChI is InChI=1S/C13H16ClN3O/c1-9(2)7-17-8-15-16-13(17)11-6-10(14)4-5-12(11)18-3/h4-6,8-9H,7H2,1-3H3. The van der Waals surface area contributed by atoms with Crippen LogP contribution in [0.1, 0.15) is 13.8 Å². The Labute approximate surface area is 112 Å². The molecule has 0 saturated carbocycles. The van der Waals surface area contributed by atoms with E-state index in [2.05, 4.69) is 24.0 Å². The van der Waals surface area contributed by atoms with E-state index < -0.39 is 0 Å². The maximum Gasteiger partial charge on any atom is 0.167 e. The Morgan fingerprint density at radius 1 is 1.39 bits per heavy atom. The fourth-order valence-electron chi connectivity index (χ4n) is 1.85. The zero-order chi connectivity index (χ0) is 13.1. The third-order valence-electron chi connectivity index (χ3n) is 2.58. The van der Waals surface area contributed by atoms with E-state index in [9.17, 15) is 0 Å². The molecule has 2 rings (SSSR count). The second-order valence-electron chi connectivity index (χ2n) is 4.55. The van der Waals surface area contributed by atoms with Gasteiger partial charge >= 0.3 is 0 Å². The van der Waals surface area contributed by atoms with E-state index in [1.165, 1.54) is 0 Å². The molecule has 4 nitrogen and oxygen atoms in total. The van der Waals surface area contributed by atoms with Gasteiger partial charge in [-0.25, -0.2) is 0 Å². The molecule has 0 saturated heterocycles. The molecule has 0 spiro atoms. The second-order valence-corrected chi connectivity index (χ2v) is 4.98. The highest BCUT2D eigenvalue weighted by Crippen LogP contribution is 2.31. The summed E-state index contributed by atoms with van der Waals surface area (Å²) < 4.78 is 7.36. The second kappa shape index (κ2) is 5.40. The molecule has 1 aromatic heterocycles. The lowest BCUT2D eigenvalue weighted by Gasteiger charge is -2.12. The van der Waals surface area contributed by atoms with Gasteiger partial charge in [0.1, 0.15) is 12.1 Å². The number of halogens is 1. The molecule has 96 valence electrons. The number of hydrogen-bond donors (Lipinski definition) is 0. The third-order valence-corrected chi connectivity index (χ3v) is 2.81. The first kappa shape index (κ1) is 12.9. The maximum absolute atomic E-state index is 6.04. The Bertz CT molecular complexity index is 537. The van der Waals surface area contributed by atoms with E-state index in [1.54, 1.807) is 19.5 Å². The van der Waals surface area contributed by atoms with Crippen molar-refractivity contribution in [3.8, 4) is 17.1 Å². The van der Waals surface area contributed by atoms with Crippen molar-refractivity contribution < 1.29 is 4.74 Å². The molecule has 0 bridgehead atoms. The number of methoxy groups -OCH3 is 1. The van der Waals surface area contributed by atoms with Crippen molar-refractivity contribution in [2.45, 2.75) is 20.4 Å². The lowest BCUT2D eigenvalue weighted by Crippen LogP contribution is -2.05. The fourth-order valence-corrected chi connectivity index (χ4v) is 2.02. The average molecular weight is 266 g/mol. The number of nitrogens with zero attached hydrogens (tertiary/aromatic N) is 3. The Morgan fingerprint density at radius 3 is 2.83 bits per heavy atom. The molecule has 0 N–H and O–H groups in total. The lowest BCUT2D eigenvalue weighted by atomic mass is 10.1. The molecule has 2 aromatic rings. The summed E-state index contributed by atoms with van der Waals surface area (Å²) in [7, 11) is 1.63. The summed E-state index contributed by atoms with van der Waals surface area (Å²) in [5.74, 6) is 2.05. The number of aromatic nitrogens is 3. The van der Waals surface area contributed by atoms with Crippen LogP contribution in [0.3, 0.4) is 0 Å². The topological polar surface area (TPSA) is 39.9 Å². The van der Waals surface area contributed by atoms with Gasteiger partial charge in [-0.1, -0.05) is 25.4 Å². The molecule has 18 heavy (non-hydrogen) atoms. The van der Waals surface area contributed by atoms with E-state index in [1.807, 2.05) is 16.7 Å². The Kier molecular flexibility index (Phi) is 3.87. The average Bonchev–Trinajstić information content (AvgIpc) is 2.76. The summed E-state index contributed by atoms with van der Waals surface area (Å²) in [6, 6.07) is 5.49. The molecule has 1 heterocycles. The highest BCUT2D eigenvalue weighted by Gasteiger charge is 2.13. The molecule has 0 aliphatic carbocycles. The van der Waals surface area contributed by atoms with Gasteiger partial charge in [-0.05, 0) is 24.1 Å². The van der Waals surface area contributed by atoms with Crippen LogP contribution in [0.2, 0.25) is 5.02 Å². The van der Waals surface area contributed by atoms with Gasteiger partial charge in [-0.15, -0.1) is 10.2 Å². The third kappa shape index (κ3) is 2.64. The summed E-state index contributed by atoms with van der Waals surface area (Å²) in [4.78, 5) is 0. The van der Waals surface area contributed by atoms with E-state index in [-0.39, 0.29) is 0 Å². The minimum atomic E-state index is 0.518. The Morgan fingerprint density at radius 2 is 2.17 bits per heavy atom. The highest BCUT2D eigenvalue weighted by molar-refractivity contribution is 6.30. The minimum absolute atomic E-state index is 0.518. The SMILES string of the molecule is COc1ccc(Cl)cc1-c1nncn1CC(C)C. The van der Waals surface area contributed by atoms with Gasteiger partial charge in [0, 0.05) is 11.6 Å². The van der Waals surface area contributed by atoms with Crippen molar-refractivity contribution in [1.29, 1.82) is 0 Å². The predicted octanol–water partition coefficient (Wildman–Crippen LogP) is 3.26. The smallest absolute Gasteiger partial charge is 0.167 e. The molecular formula is C13H16ClN3O. The molecule has 0 amide bonds. The van der Waals surface area contributed by atoms with Gasteiger partial charge in [-0.2, -0.15) is 0 Å². The summed E-state index contributed by atoms with van der Waals surface area (Å²) in [5.41, 5.74) is 0.864. The molecule has 0 aliphatic rings. The fraction of sp³-hybridized carbons (Fsp3) is 0.385. The van der Waals surface area contributed by atoms with Crippen molar-refractivity contribution in [1.82, 2.24) is 14.8 Å². The summed E-state index contributed by atoms with van der Waals surface area (Å²) in [6.45, 7) is 5.16. The molecule has 0 aliphatic heterocycles. The van der Waals surface area contributed by atoms with Crippen molar-refractivity contribution >= 4 is 11.6 Å². The van der Waals surface area contributed by atoms with Gasteiger partial charge < -0.3 is 9.30 Å². The molecule has 5 heteroatoms. The van der Waals surface area contributed by atoms with E-state index >= 15 is 0 Å². The van der Waals surface area contributed by atoms with Crippen LogP contribution in [0.25, 0.3) is 11.4 Å². The first-order chi connectivity index (χ1) is 8.61. The molecule has 0 atom stereocenters. The van der Waals surface area contributed by atoms with Crippen LogP contribution < -0.4 is 4.74 Å². The molecule has 0 radical (unpaired) electrons. The number of ether oxygens (including phenoxy) is 1. The van der Waals surface area contributed by atoms with E-state index in [0.717, 1.165) is 23.7 Å². The highest BCUT2D eigenvalue weighted by atomic mass is 35.5. The number of rotatable bonds is 4. The zero-order valence-corrected chi connectivity index (χ0v) is 11.5. The van der Waals surface area contributed by atoms with Gasteiger partial charge in [0.05, 0.1) is 12.7 Å². The molecule has 0 unspecified atom stereocenters. The first-order valence-electron chi connectivity index (χ1n) is 5.83. The van der Waals surface area contributed by atoms with Crippen molar-refractivity contribution in [2.24, 2.45) is 5.92 Å². The Hall–Kier alpha value is -1.55. The van der Waals surface area contributed by atoms with E-state index in [0.29, 0.717) is 10.9 Å². The van der Waals surface area contributed by atoms with Crippen LogP contribution in [-0.4, -0.2) is 21.9 Å². The predicted molar refractivity (Wildman–Crippen MR) is 71.9 cm³/mol. The van der Waals surface area contributed by atoms with Crippen LogP contribution in [-0.2, 0) is 6.54 Å². The summed E-state index contributed by atoms with van der Waals surface area (Å²) in [5, 5.41) is 8.79. The zero-order valence-electron chi connectivity index (χ0n) is 10.7. The number of hydrogen-bond acceptors (Lipinski definition) is 3. The summed E-state index contributed by atoms with van der Waals surface area (Å²) in [6.07, 6.45) is 1.73. The van der Waals surface area contributed by atoms with Gasteiger partial charge in [0.15, 0.2) is 5.82 Å². The van der Waals surface area contributed by atoms with Crippen LogP contribution in [0.15, 0.2) is 24.5 Å². The van der Waals surface area contributed by atoms with Crippen molar-refractivity contribution in [2.75, 3.05) is 7.11 Å². The first-order valence-corrected chi connectivity index (χ1v) is 6.21.